The van der Waals surface area contributed by atoms with Gasteiger partial charge < -0.3 is 10.2 Å². The highest BCUT2D eigenvalue weighted by molar-refractivity contribution is 9.10. The number of halogens is 1. The summed E-state index contributed by atoms with van der Waals surface area (Å²) in [6.45, 7) is 0. The Morgan fingerprint density at radius 2 is 1.53 bits per heavy atom. The summed E-state index contributed by atoms with van der Waals surface area (Å²) in [7, 11) is 0. The average molecular weight is 265 g/mol. The van der Waals surface area contributed by atoms with Crippen molar-refractivity contribution in [3.05, 3.63) is 46.9 Å². The zero-order valence-electron chi connectivity index (χ0n) is 7.81. The molecule has 0 amide bonds. The fourth-order valence-electron chi connectivity index (χ4n) is 1.40. The highest BCUT2D eigenvalue weighted by Gasteiger charge is 2.07. The maximum absolute atomic E-state index is 9.69. The normalized spacial score (nSPS) is 10.2. The average Bonchev–Trinajstić information content (AvgIpc) is 2.25. The fourth-order valence-corrected chi connectivity index (χ4v) is 1.74. The molecule has 76 valence electrons. The molecule has 2 aromatic rings. The Labute approximate surface area is 95.9 Å². The molecule has 2 N–H and O–H groups in total. The summed E-state index contributed by atoms with van der Waals surface area (Å²) in [5.74, 6) is 0.106. The summed E-state index contributed by atoms with van der Waals surface area (Å²) in [4.78, 5) is 0. The predicted octanol–water partition coefficient (Wildman–Crippen LogP) is 3.53. The van der Waals surface area contributed by atoms with Gasteiger partial charge in [0.05, 0.1) is 4.47 Å². The molecule has 0 aliphatic rings. The lowest BCUT2D eigenvalue weighted by molar-refractivity contribution is 0.449. The van der Waals surface area contributed by atoms with Gasteiger partial charge in [-0.15, -0.1) is 0 Å². The van der Waals surface area contributed by atoms with E-state index in [0.29, 0.717) is 10.0 Å². The number of phenolic OH excluding ortho intramolecular Hbond substituents is 2. The molecule has 0 unspecified atom stereocenters. The van der Waals surface area contributed by atoms with E-state index in [2.05, 4.69) is 15.9 Å². The van der Waals surface area contributed by atoms with E-state index >= 15 is 0 Å². The van der Waals surface area contributed by atoms with Crippen LogP contribution < -0.4 is 0 Å². The minimum atomic E-state index is 0.0344. The Balaban J connectivity index is 2.59. The maximum Gasteiger partial charge on any atom is 0.133 e. The summed E-state index contributed by atoms with van der Waals surface area (Å²) in [5.41, 5.74) is 1.61. The van der Waals surface area contributed by atoms with Crippen LogP contribution in [-0.2, 0) is 0 Å². The molecule has 0 radical (unpaired) electrons. The first-order valence-corrected chi connectivity index (χ1v) is 5.24. The van der Waals surface area contributed by atoms with Gasteiger partial charge in [-0.3, -0.25) is 0 Å². The summed E-state index contributed by atoms with van der Waals surface area (Å²) in [5, 5.41) is 19.1. The van der Waals surface area contributed by atoms with E-state index in [1.807, 2.05) is 30.3 Å². The number of rotatable bonds is 1. The van der Waals surface area contributed by atoms with Crippen LogP contribution in [-0.4, -0.2) is 10.2 Å². The van der Waals surface area contributed by atoms with Crippen LogP contribution in [0.4, 0.5) is 0 Å². The Kier molecular flexibility index (Phi) is 2.64. The molecular weight excluding hydrogens is 256 g/mol. The van der Waals surface area contributed by atoms with Gasteiger partial charge in [-0.25, -0.2) is 0 Å². The van der Waals surface area contributed by atoms with Gasteiger partial charge >= 0.3 is 0 Å². The predicted molar refractivity (Wildman–Crippen MR) is 62.9 cm³/mol. The molecule has 0 bridgehead atoms. The van der Waals surface area contributed by atoms with Crippen molar-refractivity contribution < 1.29 is 10.2 Å². The second-order valence-corrected chi connectivity index (χ2v) is 4.04. The number of hydrogen-bond acceptors (Lipinski definition) is 2. The van der Waals surface area contributed by atoms with Crippen molar-refractivity contribution in [1.82, 2.24) is 0 Å². The molecule has 0 spiro atoms. The van der Waals surface area contributed by atoms with Crippen molar-refractivity contribution in [1.29, 1.82) is 0 Å². The van der Waals surface area contributed by atoms with Gasteiger partial charge in [0.15, 0.2) is 0 Å². The first kappa shape index (κ1) is 10.1. The van der Waals surface area contributed by atoms with Gasteiger partial charge in [-0.1, -0.05) is 30.3 Å². The zero-order chi connectivity index (χ0) is 10.8. The Hall–Kier alpha value is -1.48. The maximum atomic E-state index is 9.69. The van der Waals surface area contributed by atoms with Crippen LogP contribution in [0.25, 0.3) is 11.1 Å². The number of phenols is 2. The van der Waals surface area contributed by atoms with Crippen LogP contribution in [0.2, 0.25) is 0 Å². The fraction of sp³-hybridized carbons (Fsp3) is 0. The van der Waals surface area contributed by atoms with Crippen LogP contribution in [0.3, 0.4) is 0 Å². The van der Waals surface area contributed by atoms with Gasteiger partial charge in [0, 0.05) is 11.6 Å². The first-order valence-electron chi connectivity index (χ1n) is 4.45. The van der Waals surface area contributed by atoms with E-state index < -0.39 is 0 Å². The van der Waals surface area contributed by atoms with Crippen molar-refractivity contribution in [2.45, 2.75) is 0 Å². The highest BCUT2D eigenvalue weighted by atomic mass is 79.9. The van der Waals surface area contributed by atoms with Crippen molar-refractivity contribution >= 4 is 15.9 Å². The van der Waals surface area contributed by atoms with Crippen LogP contribution in [0.15, 0.2) is 46.9 Å². The van der Waals surface area contributed by atoms with E-state index in [4.69, 9.17) is 0 Å². The summed E-state index contributed by atoms with van der Waals surface area (Å²) in [6, 6.07) is 12.5. The number of benzene rings is 2. The van der Waals surface area contributed by atoms with Gasteiger partial charge in [0.25, 0.3) is 0 Å². The van der Waals surface area contributed by atoms with E-state index in [1.54, 1.807) is 6.07 Å². The lowest BCUT2D eigenvalue weighted by Crippen LogP contribution is -1.79. The SMILES string of the molecule is Oc1cc(O)c(-c2ccccc2)cc1Br. The standard InChI is InChI=1S/C12H9BrO2/c13-10-6-9(11(14)7-12(10)15)8-4-2-1-3-5-8/h1-7,14-15H. The van der Waals surface area contributed by atoms with Gasteiger partial charge in [0.1, 0.15) is 11.5 Å². The summed E-state index contributed by atoms with van der Waals surface area (Å²) >= 11 is 3.22. The largest absolute Gasteiger partial charge is 0.507 e. The minimum Gasteiger partial charge on any atom is -0.507 e. The van der Waals surface area contributed by atoms with E-state index in [9.17, 15) is 10.2 Å². The Morgan fingerprint density at radius 3 is 2.20 bits per heavy atom. The molecule has 0 fully saturated rings. The molecule has 2 aromatic carbocycles. The van der Waals surface area contributed by atoms with Gasteiger partial charge in [0.2, 0.25) is 0 Å². The second-order valence-electron chi connectivity index (χ2n) is 3.19. The Morgan fingerprint density at radius 1 is 0.867 bits per heavy atom. The van der Waals surface area contributed by atoms with Crippen molar-refractivity contribution in [3.63, 3.8) is 0 Å². The third-order valence-electron chi connectivity index (χ3n) is 2.15. The summed E-state index contributed by atoms with van der Waals surface area (Å²) < 4.78 is 0.569. The molecule has 0 aliphatic heterocycles. The number of aromatic hydroxyl groups is 2. The molecule has 15 heavy (non-hydrogen) atoms. The lowest BCUT2D eigenvalue weighted by Gasteiger charge is -2.06. The van der Waals surface area contributed by atoms with E-state index in [1.165, 1.54) is 6.07 Å². The van der Waals surface area contributed by atoms with Crippen molar-refractivity contribution in [2.24, 2.45) is 0 Å². The number of hydrogen-bond donors (Lipinski definition) is 2. The summed E-state index contributed by atoms with van der Waals surface area (Å²) in [6.07, 6.45) is 0. The molecule has 2 rings (SSSR count). The third kappa shape index (κ3) is 1.97. The van der Waals surface area contributed by atoms with E-state index in [0.717, 1.165) is 5.56 Å². The van der Waals surface area contributed by atoms with Crippen LogP contribution in [0, 0.1) is 0 Å². The molecule has 0 heterocycles. The van der Waals surface area contributed by atoms with Gasteiger partial charge in [-0.2, -0.15) is 0 Å². The molecule has 0 saturated carbocycles. The molecule has 0 aromatic heterocycles. The lowest BCUT2D eigenvalue weighted by atomic mass is 10.0. The zero-order valence-corrected chi connectivity index (χ0v) is 9.40. The van der Waals surface area contributed by atoms with Crippen LogP contribution in [0.1, 0.15) is 0 Å². The van der Waals surface area contributed by atoms with Crippen LogP contribution in [0.5, 0.6) is 11.5 Å². The molecule has 3 heteroatoms. The quantitative estimate of drug-likeness (QED) is 0.828. The van der Waals surface area contributed by atoms with Crippen molar-refractivity contribution in [2.75, 3.05) is 0 Å². The molecule has 2 nitrogen and oxygen atoms in total. The smallest absolute Gasteiger partial charge is 0.133 e. The minimum absolute atomic E-state index is 0.0344. The monoisotopic (exact) mass is 264 g/mol. The highest BCUT2D eigenvalue weighted by Crippen LogP contribution is 2.37. The van der Waals surface area contributed by atoms with Crippen molar-refractivity contribution in [3.8, 4) is 22.6 Å². The van der Waals surface area contributed by atoms with Crippen LogP contribution >= 0.6 is 15.9 Å². The first-order chi connectivity index (χ1) is 7.18. The molecule has 0 atom stereocenters. The molecule has 0 saturated heterocycles. The van der Waals surface area contributed by atoms with Gasteiger partial charge in [-0.05, 0) is 27.6 Å². The molecular formula is C12H9BrO2. The third-order valence-corrected chi connectivity index (χ3v) is 2.79. The van der Waals surface area contributed by atoms with E-state index in [-0.39, 0.29) is 11.5 Å². The molecule has 0 aliphatic carbocycles. The second kappa shape index (κ2) is 3.95. The Bertz CT molecular complexity index is 480. The topological polar surface area (TPSA) is 40.5 Å².